The molecule has 0 amide bonds. The van der Waals surface area contributed by atoms with E-state index < -0.39 is 0 Å². The fourth-order valence-corrected chi connectivity index (χ4v) is 1.71. The summed E-state index contributed by atoms with van der Waals surface area (Å²) < 4.78 is 0. The van der Waals surface area contributed by atoms with Crippen molar-refractivity contribution in [3.8, 4) is 0 Å². The fraction of sp³-hybridized carbons (Fsp3) is 0.125. The maximum Gasteiger partial charge on any atom is 0.159 e. The Balaban J connectivity index is 0.000000200. The van der Waals surface area contributed by atoms with Crippen molar-refractivity contribution in [2.45, 2.75) is 13.8 Å². The molecule has 0 fully saturated rings. The molecule has 0 aromatic heterocycles. The molecule has 0 saturated carbocycles. The summed E-state index contributed by atoms with van der Waals surface area (Å²) >= 11 is 11.2. The molecule has 0 saturated heterocycles. The highest BCUT2D eigenvalue weighted by Gasteiger charge is 1.97. The Morgan fingerprint density at radius 3 is 1.70 bits per heavy atom. The van der Waals surface area contributed by atoms with Gasteiger partial charge in [0.2, 0.25) is 0 Å². The molecular formula is C16H14Cl2O2. The maximum atomic E-state index is 10.7. The molecule has 0 spiro atoms. The first-order valence-electron chi connectivity index (χ1n) is 5.93. The van der Waals surface area contributed by atoms with Crippen LogP contribution in [0.25, 0.3) is 0 Å². The van der Waals surface area contributed by atoms with E-state index in [9.17, 15) is 9.59 Å². The largest absolute Gasteiger partial charge is 0.295 e. The Morgan fingerprint density at radius 1 is 0.750 bits per heavy atom. The van der Waals surface area contributed by atoms with E-state index in [-0.39, 0.29) is 11.6 Å². The Morgan fingerprint density at radius 2 is 1.30 bits per heavy atom. The van der Waals surface area contributed by atoms with Gasteiger partial charge in [0.25, 0.3) is 0 Å². The average molecular weight is 309 g/mol. The minimum atomic E-state index is 0.0440. The van der Waals surface area contributed by atoms with Crippen LogP contribution in [0.5, 0.6) is 0 Å². The second kappa shape index (κ2) is 7.83. The molecule has 0 unspecified atom stereocenters. The minimum Gasteiger partial charge on any atom is -0.295 e. The third kappa shape index (κ3) is 5.55. The van der Waals surface area contributed by atoms with E-state index in [2.05, 4.69) is 0 Å². The van der Waals surface area contributed by atoms with Crippen molar-refractivity contribution in [1.82, 2.24) is 0 Å². The zero-order valence-electron chi connectivity index (χ0n) is 11.2. The van der Waals surface area contributed by atoms with Gasteiger partial charge in [-0.25, -0.2) is 0 Å². The van der Waals surface area contributed by atoms with Gasteiger partial charge in [0.05, 0.1) is 0 Å². The Kier molecular flexibility index (Phi) is 6.43. The molecule has 0 aliphatic carbocycles. The summed E-state index contributed by atoms with van der Waals surface area (Å²) in [6.45, 7) is 3.05. The van der Waals surface area contributed by atoms with E-state index in [4.69, 9.17) is 23.2 Å². The summed E-state index contributed by atoms with van der Waals surface area (Å²) in [4.78, 5) is 21.5. The fourth-order valence-electron chi connectivity index (χ4n) is 1.39. The van der Waals surface area contributed by atoms with Crippen LogP contribution in [0.1, 0.15) is 34.6 Å². The molecule has 2 nitrogen and oxygen atoms in total. The lowest BCUT2D eigenvalue weighted by molar-refractivity contribution is 0.100. The lowest BCUT2D eigenvalue weighted by atomic mass is 10.2. The molecule has 0 N–H and O–H groups in total. The van der Waals surface area contributed by atoms with E-state index in [1.54, 1.807) is 48.5 Å². The van der Waals surface area contributed by atoms with Crippen molar-refractivity contribution in [1.29, 1.82) is 0 Å². The van der Waals surface area contributed by atoms with Gasteiger partial charge in [-0.3, -0.25) is 9.59 Å². The van der Waals surface area contributed by atoms with Crippen molar-refractivity contribution < 1.29 is 9.59 Å². The molecule has 104 valence electrons. The van der Waals surface area contributed by atoms with Crippen LogP contribution < -0.4 is 0 Å². The van der Waals surface area contributed by atoms with Crippen molar-refractivity contribution in [3.63, 3.8) is 0 Å². The standard InChI is InChI=1S/2C8H7ClO/c1-6(10)7-2-4-8(9)5-3-7;1-6(10)7-3-2-4-8(9)5-7/h2*2-5H,1H3. The van der Waals surface area contributed by atoms with Crippen molar-refractivity contribution in [2.75, 3.05) is 0 Å². The zero-order valence-corrected chi connectivity index (χ0v) is 12.7. The first kappa shape index (κ1) is 16.4. The molecule has 2 aromatic carbocycles. The molecule has 0 aliphatic heterocycles. The van der Waals surface area contributed by atoms with Gasteiger partial charge in [0, 0.05) is 21.2 Å². The minimum absolute atomic E-state index is 0.0440. The Labute approximate surface area is 128 Å². The summed E-state index contributed by atoms with van der Waals surface area (Å²) in [6.07, 6.45) is 0. The van der Waals surface area contributed by atoms with Gasteiger partial charge in [0.1, 0.15) is 0 Å². The molecule has 0 bridgehead atoms. The number of Topliss-reactive ketones (excluding diaryl/α,β-unsaturated/α-hetero) is 2. The van der Waals surface area contributed by atoms with Crippen molar-refractivity contribution >= 4 is 34.8 Å². The topological polar surface area (TPSA) is 34.1 Å². The Bertz CT molecular complexity index is 604. The van der Waals surface area contributed by atoms with Crippen LogP contribution in [0, 0.1) is 0 Å². The number of carbonyl (C=O) groups is 2. The number of rotatable bonds is 2. The van der Waals surface area contributed by atoms with E-state index in [1.807, 2.05) is 0 Å². The first-order chi connectivity index (χ1) is 9.40. The van der Waals surface area contributed by atoms with Crippen LogP contribution >= 0.6 is 23.2 Å². The predicted octanol–water partition coefficient (Wildman–Crippen LogP) is 5.09. The first-order valence-corrected chi connectivity index (χ1v) is 6.68. The quantitative estimate of drug-likeness (QED) is 0.724. The lowest BCUT2D eigenvalue weighted by Gasteiger charge is -1.93. The molecule has 0 radical (unpaired) electrons. The van der Waals surface area contributed by atoms with E-state index in [1.165, 1.54) is 13.8 Å². The van der Waals surface area contributed by atoms with Crippen LogP contribution in [0.15, 0.2) is 48.5 Å². The number of halogens is 2. The highest BCUT2D eigenvalue weighted by Crippen LogP contribution is 2.10. The third-order valence-corrected chi connectivity index (χ3v) is 2.97. The lowest BCUT2D eigenvalue weighted by Crippen LogP contribution is -1.89. The summed E-state index contributed by atoms with van der Waals surface area (Å²) in [5, 5.41) is 1.26. The molecule has 20 heavy (non-hydrogen) atoms. The number of carbonyl (C=O) groups excluding carboxylic acids is 2. The zero-order chi connectivity index (χ0) is 15.1. The smallest absolute Gasteiger partial charge is 0.159 e. The summed E-state index contributed by atoms with van der Waals surface area (Å²) in [7, 11) is 0. The van der Waals surface area contributed by atoms with E-state index in [0.29, 0.717) is 21.2 Å². The maximum absolute atomic E-state index is 10.7. The molecule has 0 heterocycles. The molecule has 0 aliphatic rings. The van der Waals surface area contributed by atoms with Gasteiger partial charge < -0.3 is 0 Å². The molecule has 0 atom stereocenters. The predicted molar refractivity (Wildman–Crippen MR) is 82.9 cm³/mol. The van der Waals surface area contributed by atoms with Gasteiger partial charge in [-0.15, -0.1) is 0 Å². The second-order valence-corrected chi connectivity index (χ2v) is 5.00. The number of hydrogen-bond acceptors (Lipinski definition) is 2. The van der Waals surface area contributed by atoms with Gasteiger partial charge in [0.15, 0.2) is 11.6 Å². The number of benzene rings is 2. The Hall–Kier alpha value is -1.64. The van der Waals surface area contributed by atoms with Crippen molar-refractivity contribution in [2.24, 2.45) is 0 Å². The SMILES string of the molecule is CC(=O)c1ccc(Cl)cc1.CC(=O)c1cccc(Cl)c1. The van der Waals surface area contributed by atoms with Gasteiger partial charge in [-0.05, 0) is 50.2 Å². The number of hydrogen-bond donors (Lipinski definition) is 0. The normalized spacial score (nSPS) is 9.40. The van der Waals surface area contributed by atoms with Gasteiger partial charge in [-0.1, -0.05) is 35.3 Å². The van der Waals surface area contributed by atoms with E-state index in [0.717, 1.165) is 0 Å². The van der Waals surface area contributed by atoms with Crippen LogP contribution in [-0.2, 0) is 0 Å². The second-order valence-electron chi connectivity index (χ2n) is 4.13. The molecule has 4 heteroatoms. The molecule has 2 rings (SSSR count). The monoisotopic (exact) mass is 308 g/mol. The highest BCUT2D eigenvalue weighted by atomic mass is 35.5. The average Bonchev–Trinajstić information content (AvgIpc) is 2.40. The van der Waals surface area contributed by atoms with Crippen LogP contribution in [0.3, 0.4) is 0 Å². The van der Waals surface area contributed by atoms with Gasteiger partial charge in [-0.2, -0.15) is 0 Å². The van der Waals surface area contributed by atoms with E-state index >= 15 is 0 Å². The van der Waals surface area contributed by atoms with Crippen LogP contribution in [0.2, 0.25) is 10.0 Å². The molecular weight excluding hydrogens is 295 g/mol. The van der Waals surface area contributed by atoms with Crippen molar-refractivity contribution in [3.05, 3.63) is 69.7 Å². The summed E-state index contributed by atoms with van der Waals surface area (Å²) in [5.41, 5.74) is 1.36. The summed E-state index contributed by atoms with van der Waals surface area (Å²) in [6, 6.07) is 13.7. The van der Waals surface area contributed by atoms with Gasteiger partial charge >= 0.3 is 0 Å². The highest BCUT2D eigenvalue weighted by molar-refractivity contribution is 6.31. The number of ketones is 2. The summed E-state index contributed by atoms with van der Waals surface area (Å²) in [5.74, 6) is 0.110. The van der Waals surface area contributed by atoms with Crippen LogP contribution in [0.4, 0.5) is 0 Å². The van der Waals surface area contributed by atoms with Crippen LogP contribution in [-0.4, -0.2) is 11.6 Å². The third-order valence-electron chi connectivity index (χ3n) is 2.48. The molecule has 2 aromatic rings.